The van der Waals surface area contributed by atoms with Crippen molar-refractivity contribution in [3.05, 3.63) is 11.9 Å². The molecule has 0 aromatic rings. The third-order valence-corrected chi connectivity index (χ3v) is 1.98. The summed E-state index contributed by atoms with van der Waals surface area (Å²) in [5.41, 5.74) is 0. The highest BCUT2D eigenvalue weighted by Gasteiger charge is 1.91. The topological polar surface area (TPSA) is 24.1 Å². The van der Waals surface area contributed by atoms with Gasteiger partial charge in [0.1, 0.15) is 0 Å². The van der Waals surface area contributed by atoms with E-state index in [0.717, 1.165) is 13.1 Å². The number of unbranched alkanes of at least 4 members (excludes halogenated alkanes) is 2. The normalized spacial score (nSPS) is 9.46. The standard InChI is InChI=1S/C11H24N2/c1-4-7-9-12-11(6-3)13-10-8-5-2/h6,12-13H,4-5,7-10H2,1-3H3. The predicted octanol–water partition coefficient (Wildman–Crippen LogP) is 2.63. The van der Waals surface area contributed by atoms with Gasteiger partial charge in [-0.1, -0.05) is 26.7 Å². The van der Waals surface area contributed by atoms with Crippen LogP contribution in [-0.2, 0) is 0 Å². The lowest BCUT2D eigenvalue weighted by Gasteiger charge is -2.12. The van der Waals surface area contributed by atoms with E-state index >= 15 is 0 Å². The van der Waals surface area contributed by atoms with Crippen molar-refractivity contribution in [3.63, 3.8) is 0 Å². The highest BCUT2D eigenvalue weighted by molar-refractivity contribution is 4.94. The molecule has 0 aliphatic heterocycles. The van der Waals surface area contributed by atoms with Crippen molar-refractivity contribution >= 4 is 0 Å². The smallest absolute Gasteiger partial charge is 0.0942 e. The largest absolute Gasteiger partial charge is 0.372 e. The molecule has 0 spiro atoms. The predicted molar refractivity (Wildman–Crippen MR) is 59.6 cm³/mol. The Balaban J connectivity index is 3.41. The Morgan fingerprint density at radius 3 is 1.77 bits per heavy atom. The van der Waals surface area contributed by atoms with E-state index in [9.17, 15) is 0 Å². The lowest BCUT2D eigenvalue weighted by molar-refractivity contribution is 0.625. The zero-order valence-electron chi connectivity index (χ0n) is 9.32. The molecule has 0 saturated heterocycles. The van der Waals surface area contributed by atoms with Gasteiger partial charge in [0.15, 0.2) is 0 Å². The maximum atomic E-state index is 3.38. The molecule has 0 rings (SSSR count). The molecule has 0 aliphatic rings. The number of hydrogen-bond donors (Lipinski definition) is 2. The molecule has 0 aromatic carbocycles. The maximum Gasteiger partial charge on any atom is 0.0942 e. The molecule has 0 bridgehead atoms. The van der Waals surface area contributed by atoms with E-state index in [-0.39, 0.29) is 0 Å². The van der Waals surface area contributed by atoms with Crippen LogP contribution in [0.4, 0.5) is 0 Å². The fourth-order valence-electron chi connectivity index (χ4n) is 1.07. The second-order valence-electron chi connectivity index (χ2n) is 3.26. The van der Waals surface area contributed by atoms with E-state index in [4.69, 9.17) is 0 Å². The quantitative estimate of drug-likeness (QED) is 0.567. The fraction of sp³-hybridized carbons (Fsp3) is 0.818. The van der Waals surface area contributed by atoms with Crippen LogP contribution in [0, 0.1) is 0 Å². The molecule has 0 radical (unpaired) electrons. The highest BCUT2D eigenvalue weighted by atomic mass is 15.1. The Morgan fingerprint density at radius 1 is 1.00 bits per heavy atom. The second-order valence-corrected chi connectivity index (χ2v) is 3.26. The maximum absolute atomic E-state index is 3.38. The van der Waals surface area contributed by atoms with Crippen molar-refractivity contribution in [3.8, 4) is 0 Å². The van der Waals surface area contributed by atoms with Gasteiger partial charge in [-0.2, -0.15) is 0 Å². The van der Waals surface area contributed by atoms with Gasteiger partial charge in [0.25, 0.3) is 0 Å². The molecule has 0 fully saturated rings. The van der Waals surface area contributed by atoms with Gasteiger partial charge in [0.05, 0.1) is 5.82 Å². The number of hydrogen-bond acceptors (Lipinski definition) is 2. The van der Waals surface area contributed by atoms with Crippen molar-refractivity contribution in [2.45, 2.75) is 46.5 Å². The van der Waals surface area contributed by atoms with Crippen LogP contribution >= 0.6 is 0 Å². The molecule has 2 N–H and O–H groups in total. The second kappa shape index (κ2) is 9.43. The Morgan fingerprint density at radius 2 is 1.46 bits per heavy atom. The van der Waals surface area contributed by atoms with Crippen LogP contribution in [0.1, 0.15) is 46.5 Å². The minimum absolute atomic E-state index is 1.08. The first-order chi connectivity index (χ1) is 6.35. The van der Waals surface area contributed by atoms with Crippen LogP contribution in [-0.4, -0.2) is 13.1 Å². The molecule has 0 aromatic heterocycles. The number of rotatable bonds is 8. The first-order valence-electron chi connectivity index (χ1n) is 5.49. The van der Waals surface area contributed by atoms with Gasteiger partial charge >= 0.3 is 0 Å². The van der Waals surface area contributed by atoms with Crippen molar-refractivity contribution in [1.82, 2.24) is 10.6 Å². The van der Waals surface area contributed by atoms with Gasteiger partial charge in [0, 0.05) is 13.1 Å². The summed E-state index contributed by atoms with van der Waals surface area (Å²) in [5.74, 6) is 1.18. The van der Waals surface area contributed by atoms with E-state index in [2.05, 4.69) is 37.5 Å². The summed E-state index contributed by atoms with van der Waals surface area (Å²) in [6.45, 7) is 8.64. The Hall–Kier alpha value is -0.660. The van der Waals surface area contributed by atoms with Gasteiger partial charge in [0.2, 0.25) is 0 Å². The van der Waals surface area contributed by atoms with E-state index in [1.807, 2.05) is 0 Å². The molecule has 2 heteroatoms. The van der Waals surface area contributed by atoms with Gasteiger partial charge in [-0.15, -0.1) is 0 Å². The van der Waals surface area contributed by atoms with Gasteiger partial charge in [-0.05, 0) is 25.8 Å². The zero-order chi connectivity index (χ0) is 9.94. The average Bonchev–Trinajstić information content (AvgIpc) is 2.16. The molecule has 0 heterocycles. The van der Waals surface area contributed by atoms with Crippen molar-refractivity contribution in [2.75, 3.05) is 13.1 Å². The first-order valence-corrected chi connectivity index (χ1v) is 5.49. The van der Waals surface area contributed by atoms with Gasteiger partial charge < -0.3 is 10.6 Å². The monoisotopic (exact) mass is 184 g/mol. The molecule has 78 valence electrons. The van der Waals surface area contributed by atoms with Crippen molar-refractivity contribution in [1.29, 1.82) is 0 Å². The average molecular weight is 184 g/mol. The van der Waals surface area contributed by atoms with E-state index in [1.54, 1.807) is 0 Å². The van der Waals surface area contributed by atoms with Crippen LogP contribution < -0.4 is 10.6 Å². The van der Waals surface area contributed by atoms with Crippen molar-refractivity contribution < 1.29 is 0 Å². The highest BCUT2D eigenvalue weighted by Crippen LogP contribution is 1.89. The minimum Gasteiger partial charge on any atom is -0.372 e. The summed E-state index contributed by atoms with van der Waals surface area (Å²) in [7, 11) is 0. The third kappa shape index (κ3) is 7.69. The van der Waals surface area contributed by atoms with E-state index in [1.165, 1.54) is 31.5 Å². The molecule has 2 nitrogen and oxygen atoms in total. The van der Waals surface area contributed by atoms with Crippen LogP contribution in [0.2, 0.25) is 0 Å². The summed E-state index contributed by atoms with van der Waals surface area (Å²) < 4.78 is 0. The van der Waals surface area contributed by atoms with Crippen LogP contribution in [0.3, 0.4) is 0 Å². The fourth-order valence-corrected chi connectivity index (χ4v) is 1.07. The SMILES string of the molecule is CC=C(NCCCC)NCCCC. The first kappa shape index (κ1) is 12.3. The Labute approximate surface area is 82.8 Å². The van der Waals surface area contributed by atoms with Gasteiger partial charge in [-0.25, -0.2) is 0 Å². The third-order valence-electron chi connectivity index (χ3n) is 1.98. The summed E-state index contributed by atoms with van der Waals surface area (Å²) in [5, 5.41) is 6.76. The molecular weight excluding hydrogens is 160 g/mol. The molecule has 0 amide bonds. The Bertz CT molecular complexity index is 118. The lowest BCUT2D eigenvalue weighted by Crippen LogP contribution is -2.27. The molecule has 0 aliphatic carbocycles. The summed E-state index contributed by atoms with van der Waals surface area (Å²) in [6.07, 6.45) is 7.09. The zero-order valence-corrected chi connectivity index (χ0v) is 9.32. The van der Waals surface area contributed by atoms with Crippen LogP contribution in [0.25, 0.3) is 0 Å². The summed E-state index contributed by atoms with van der Waals surface area (Å²) >= 11 is 0. The minimum atomic E-state index is 1.08. The number of allylic oxidation sites excluding steroid dienone is 1. The molecule has 0 saturated carbocycles. The lowest BCUT2D eigenvalue weighted by atomic mass is 10.3. The van der Waals surface area contributed by atoms with E-state index in [0.29, 0.717) is 0 Å². The van der Waals surface area contributed by atoms with Crippen LogP contribution in [0.5, 0.6) is 0 Å². The van der Waals surface area contributed by atoms with Crippen molar-refractivity contribution in [2.24, 2.45) is 0 Å². The number of nitrogens with one attached hydrogen (secondary N) is 2. The van der Waals surface area contributed by atoms with Gasteiger partial charge in [-0.3, -0.25) is 0 Å². The van der Waals surface area contributed by atoms with E-state index < -0.39 is 0 Å². The Kier molecular flexibility index (Phi) is 8.95. The molecule has 0 atom stereocenters. The van der Waals surface area contributed by atoms with Crippen LogP contribution in [0.15, 0.2) is 11.9 Å². The summed E-state index contributed by atoms with van der Waals surface area (Å²) in [6, 6.07) is 0. The molecule has 13 heavy (non-hydrogen) atoms. The summed E-state index contributed by atoms with van der Waals surface area (Å²) in [4.78, 5) is 0. The molecule has 0 unspecified atom stereocenters. The molecular formula is C11H24N2.